The van der Waals surface area contributed by atoms with Crippen LogP contribution in [0.1, 0.15) is 43.4 Å². The molecular weight excluding hydrogens is 318 g/mol. The lowest BCUT2D eigenvalue weighted by Crippen LogP contribution is -2.38. The maximum atomic E-state index is 12.7. The molecule has 0 radical (unpaired) electrons. The van der Waals surface area contributed by atoms with Crippen LogP contribution in [0.4, 0.5) is 10.5 Å². The Balaban J connectivity index is 1.80. The van der Waals surface area contributed by atoms with Gasteiger partial charge in [-0.05, 0) is 25.0 Å². The third-order valence-electron chi connectivity index (χ3n) is 3.83. The van der Waals surface area contributed by atoms with Crippen molar-refractivity contribution in [3.05, 3.63) is 35.2 Å². The van der Waals surface area contributed by atoms with Crippen molar-refractivity contribution in [1.29, 1.82) is 0 Å². The largest absolute Gasteiger partial charge is 0.340 e. The number of likely N-dealkylation sites (tertiary alicyclic amines) is 1. The van der Waals surface area contributed by atoms with Gasteiger partial charge in [-0.15, -0.1) is 0 Å². The number of rotatable bonds is 2. The lowest BCUT2D eigenvalue weighted by atomic mass is 10.1. The molecule has 23 heavy (non-hydrogen) atoms. The van der Waals surface area contributed by atoms with Gasteiger partial charge in [0.25, 0.3) is 0 Å². The molecule has 1 atom stereocenters. The number of aryl methyl sites for hydroxylation is 1. The van der Waals surface area contributed by atoms with Gasteiger partial charge in [-0.25, -0.2) is 9.78 Å². The van der Waals surface area contributed by atoms with Crippen molar-refractivity contribution in [2.45, 2.75) is 38.6 Å². The fourth-order valence-electron chi connectivity index (χ4n) is 2.75. The summed E-state index contributed by atoms with van der Waals surface area (Å²) in [6.07, 6.45) is 5.45. The van der Waals surface area contributed by atoms with E-state index < -0.39 is 0 Å². The van der Waals surface area contributed by atoms with Gasteiger partial charge in [-0.2, -0.15) is 4.98 Å². The molecule has 0 aromatic carbocycles. The van der Waals surface area contributed by atoms with Gasteiger partial charge in [0.15, 0.2) is 5.82 Å². The van der Waals surface area contributed by atoms with Crippen molar-refractivity contribution in [3.8, 4) is 0 Å². The van der Waals surface area contributed by atoms with E-state index >= 15 is 0 Å². The Hall–Kier alpha value is -2.15. The molecule has 0 spiro atoms. The van der Waals surface area contributed by atoms with Gasteiger partial charge in [-0.3, -0.25) is 0 Å². The number of carbonyl (C=O) groups is 1. The summed E-state index contributed by atoms with van der Waals surface area (Å²) in [5.74, 6) is 1.07. The average molecular weight is 336 g/mol. The number of carbonyl (C=O) groups excluding carboxylic acids is 1. The average Bonchev–Trinajstić information content (AvgIpc) is 2.81. The molecule has 1 fully saturated rings. The summed E-state index contributed by atoms with van der Waals surface area (Å²) < 4.78 is 5.08. The number of pyridine rings is 1. The second-order valence-electron chi connectivity index (χ2n) is 5.53. The first kappa shape index (κ1) is 15.7. The number of urea groups is 1. The minimum atomic E-state index is -0.193. The van der Waals surface area contributed by atoms with Crippen LogP contribution in [0, 0.1) is 6.92 Å². The zero-order valence-corrected chi connectivity index (χ0v) is 13.6. The molecule has 2 aromatic rings. The van der Waals surface area contributed by atoms with E-state index in [0.717, 1.165) is 25.7 Å². The van der Waals surface area contributed by atoms with E-state index in [9.17, 15) is 4.79 Å². The van der Waals surface area contributed by atoms with Crippen molar-refractivity contribution in [2.24, 2.45) is 0 Å². The molecule has 1 aliphatic rings. The molecule has 1 unspecified atom stereocenters. The highest BCUT2D eigenvalue weighted by Gasteiger charge is 2.30. The lowest BCUT2D eigenvalue weighted by molar-refractivity contribution is 0.184. The van der Waals surface area contributed by atoms with Crippen molar-refractivity contribution in [3.63, 3.8) is 0 Å². The quantitative estimate of drug-likeness (QED) is 0.848. The van der Waals surface area contributed by atoms with Crippen LogP contribution in [0.15, 0.2) is 22.9 Å². The summed E-state index contributed by atoms with van der Waals surface area (Å²) >= 11 is 5.86. The van der Waals surface area contributed by atoms with Crippen molar-refractivity contribution in [2.75, 3.05) is 11.9 Å². The van der Waals surface area contributed by atoms with E-state index in [1.165, 1.54) is 0 Å². The topological polar surface area (TPSA) is 84.2 Å². The Labute approximate surface area is 139 Å². The Kier molecular flexibility index (Phi) is 4.76. The summed E-state index contributed by atoms with van der Waals surface area (Å²) in [6, 6.07) is 2.95. The van der Waals surface area contributed by atoms with Crippen LogP contribution in [-0.2, 0) is 0 Å². The molecule has 8 heteroatoms. The Bertz CT molecular complexity index is 690. The number of nitrogens with one attached hydrogen (secondary N) is 1. The normalized spacial score (nSPS) is 18.5. The highest BCUT2D eigenvalue weighted by atomic mass is 35.5. The minimum Gasteiger partial charge on any atom is -0.340 e. The number of anilines is 1. The van der Waals surface area contributed by atoms with Gasteiger partial charge < -0.3 is 14.7 Å². The van der Waals surface area contributed by atoms with Gasteiger partial charge >= 0.3 is 6.03 Å². The number of amides is 2. The van der Waals surface area contributed by atoms with Crippen LogP contribution in [0.5, 0.6) is 0 Å². The number of aromatic nitrogens is 3. The molecule has 1 N–H and O–H groups in total. The summed E-state index contributed by atoms with van der Waals surface area (Å²) in [7, 11) is 0. The van der Waals surface area contributed by atoms with E-state index in [1.54, 1.807) is 30.2 Å². The standard InChI is InChI=1S/C15H18ClN5O2/c1-10-18-14(20-23-10)12-5-3-2-4-8-21(12)15(22)19-11-6-7-17-13(16)9-11/h6-7,9,12H,2-5,8H2,1H3,(H,17,19,22). The Morgan fingerprint density at radius 1 is 1.43 bits per heavy atom. The van der Waals surface area contributed by atoms with Crippen molar-refractivity contribution in [1.82, 2.24) is 20.0 Å². The van der Waals surface area contributed by atoms with Crippen LogP contribution in [-0.4, -0.2) is 32.6 Å². The number of halogens is 1. The minimum absolute atomic E-state index is 0.174. The molecule has 0 aliphatic carbocycles. The number of hydrogen-bond acceptors (Lipinski definition) is 5. The first-order valence-corrected chi connectivity index (χ1v) is 8.00. The predicted molar refractivity (Wildman–Crippen MR) is 85.2 cm³/mol. The fourth-order valence-corrected chi connectivity index (χ4v) is 2.92. The molecule has 2 amide bonds. The lowest BCUT2D eigenvalue weighted by Gasteiger charge is -2.27. The van der Waals surface area contributed by atoms with Crippen LogP contribution < -0.4 is 5.32 Å². The van der Waals surface area contributed by atoms with E-state index in [0.29, 0.717) is 29.1 Å². The van der Waals surface area contributed by atoms with Gasteiger partial charge in [-0.1, -0.05) is 29.6 Å². The van der Waals surface area contributed by atoms with Gasteiger partial charge in [0.05, 0.1) is 6.04 Å². The van der Waals surface area contributed by atoms with Gasteiger partial charge in [0.1, 0.15) is 5.15 Å². The van der Waals surface area contributed by atoms with Crippen LogP contribution in [0.25, 0.3) is 0 Å². The third kappa shape index (κ3) is 3.79. The van der Waals surface area contributed by atoms with Crippen molar-refractivity contribution < 1.29 is 9.32 Å². The fraction of sp³-hybridized carbons (Fsp3) is 0.467. The molecule has 122 valence electrons. The molecule has 7 nitrogen and oxygen atoms in total. The van der Waals surface area contributed by atoms with E-state index in [-0.39, 0.29) is 12.1 Å². The molecular formula is C15H18ClN5O2. The van der Waals surface area contributed by atoms with E-state index in [2.05, 4.69) is 20.4 Å². The van der Waals surface area contributed by atoms with E-state index in [1.807, 2.05) is 0 Å². The molecule has 0 saturated carbocycles. The number of nitrogens with zero attached hydrogens (tertiary/aromatic N) is 4. The van der Waals surface area contributed by atoms with Gasteiger partial charge in [0, 0.05) is 25.4 Å². The summed E-state index contributed by atoms with van der Waals surface area (Å²) in [5, 5.41) is 7.20. The van der Waals surface area contributed by atoms with Crippen LogP contribution >= 0.6 is 11.6 Å². The number of hydrogen-bond donors (Lipinski definition) is 1. The van der Waals surface area contributed by atoms with Crippen LogP contribution in [0.3, 0.4) is 0 Å². The smallest absolute Gasteiger partial charge is 0.322 e. The summed E-state index contributed by atoms with van der Waals surface area (Å²) in [6.45, 7) is 2.40. The molecule has 2 aromatic heterocycles. The predicted octanol–water partition coefficient (Wildman–Crippen LogP) is 3.58. The second kappa shape index (κ2) is 6.95. The summed E-state index contributed by atoms with van der Waals surface area (Å²) in [5.41, 5.74) is 0.613. The maximum Gasteiger partial charge on any atom is 0.322 e. The third-order valence-corrected chi connectivity index (χ3v) is 4.04. The first-order valence-electron chi connectivity index (χ1n) is 7.63. The highest BCUT2D eigenvalue weighted by Crippen LogP contribution is 2.29. The monoisotopic (exact) mass is 335 g/mol. The molecule has 3 rings (SSSR count). The zero-order valence-electron chi connectivity index (χ0n) is 12.8. The molecule has 1 aliphatic heterocycles. The van der Waals surface area contributed by atoms with Gasteiger partial charge in [0.2, 0.25) is 5.89 Å². The Morgan fingerprint density at radius 2 is 2.30 bits per heavy atom. The van der Waals surface area contributed by atoms with E-state index in [4.69, 9.17) is 16.1 Å². The second-order valence-corrected chi connectivity index (χ2v) is 5.91. The molecule has 1 saturated heterocycles. The zero-order chi connectivity index (χ0) is 16.2. The summed E-state index contributed by atoms with van der Waals surface area (Å²) in [4.78, 5) is 22.7. The van der Waals surface area contributed by atoms with Crippen LogP contribution in [0.2, 0.25) is 5.15 Å². The van der Waals surface area contributed by atoms with Crippen molar-refractivity contribution >= 4 is 23.3 Å². The molecule has 0 bridgehead atoms. The molecule has 3 heterocycles. The highest BCUT2D eigenvalue weighted by molar-refractivity contribution is 6.29. The maximum absolute atomic E-state index is 12.7. The Morgan fingerprint density at radius 3 is 3.04 bits per heavy atom. The first-order chi connectivity index (χ1) is 11.1. The SMILES string of the molecule is Cc1nc(C2CCCCCN2C(=O)Nc2ccnc(Cl)c2)no1.